The van der Waals surface area contributed by atoms with E-state index < -0.39 is 0 Å². The lowest BCUT2D eigenvalue weighted by atomic mass is 10.2. The van der Waals surface area contributed by atoms with E-state index in [0.717, 1.165) is 5.56 Å². The molecule has 128 valence electrons. The number of hydrogen-bond acceptors (Lipinski definition) is 4. The number of rotatable bonds is 5. The quantitative estimate of drug-likeness (QED) is 0.707. The van der Waals surface area contributed by atoms with Crippen molar-refractivity contribution in [1.82, 2.24) is 14.5 Å². The van der Waals surface area contributed by atoms with Crippen LogP contribution in [0.2, 0.25) is 10.0 Å². The minimum atomic E-state index is -0.296. The van der Waals surface area contributed by atoms with Gasteiger partial charge in [0.15, 0.2) is 11.5 Å². The third-order valence-electron chi connectivity index (χ3n) is 3.54. The first-order valence-corrected chi connectivity index (χ1v) is 8.20. The summed E-state index contributed by atoms with van der Waals surface area (Å²) in [6.07, 6.45) is 5.01. The van der Waals surface area contributed by atoms with Crippen LogP contribution in [-0.2, 0) is 13.6 Å². The van der Waals surface area contributed by atoms with Gasteiger partial charge in [-0.1, -0.05) is 23.2 Å². The predicted molar refractivity (Wildman–Crippen MR) is 99.2 cm³/mol. The molecular weight excluding hydrogens is 361 g/mol. The first kappa shape index (κ1) is 17.3. The van der Waals surface area contributed by atoms with Crippen molar-refractivity contribution in [3.63, 3.8) is 0 Å². The zero-order valence-corrected chi connectivity index (χ0v) is 14.8. The molecule has 2 N–H and O–H groups in total. The molecule has 0 saturated heterocycles. The first-order valence-electron chi connectivity index (χ1n) is 7.45. The van der Waals surface area contributed by atoms with E-state index in [1.54, 1.807) is 48.5 Å². The number of halogens is 2. The maximum atomic E-state index is 12.6. The Kier molecular flexibility index (Phi) is 5.21. The molecule has 2 aromatic heterocycles. The molecule has 0 fully saturated rings. The zero-order valence-electron chi connectivity index (χ0n) is 13.3. The monoisotopic (exact) mass is 375 g/mol. The lowest BCUT2D eigenvalue weighted by molar-refractivity contribution is 0.102. The smallest absolute Gasteiger partial charge is 0.276 e. The van der Waals surface area contributed by atoms with Gasteiger partial charge in [-0.2, -0.15) is 0 Å². The van der Waals surface area contributed by atoms with E-state index in [2.05, 4.69) is 20.6 Å². The van der Waals surface area contributed by atoms with Crippen molar-refractivity contribution in [2.24, 2.45) is 7.05 Å². The summed E-state index contributed by atoms with van der Waals surface area (Å²) >= 11 is 11.9. The average Bonchev–Trinajstić information content (AvgIpc) is 2.98. The zero-order chi connectivity index (χ0) is 17.8. The number of nitrogens with zero attached hydrogens (tertiary/aromatic N) is 3. The van der Waals surface area contributed by atoms with E-state index in [1.165, 1.54) is 0 Å². The molecular formula is C17H15Cl2N5O. The number of anilines is 2. The van der Waals surface area contributed by atoms with E-state index in [9.17, 15) is 4.79 Å². The summed E-state index contributed by atoms with van der Waals surface area (Å²) in [4.78, 5) is 20.9. The molecule has 2 heterocycles. The number of aromatic nitrogens is 3. The van der Waals surface area contributed by atoms with Crippen LogP contribution < -0.4 is 10.6 Å². The fourth-order valence-electron chi connectivity index (χ4n) is 2.28. The van der Waals surface area contributed by atoms with Gasteiger partial charge in [-0.15, -0.1) is 0 Å². The van der Waals surface area contributed by atoms with Crippen molar-refractivity contribution in [2.75, 3.05) is 10.6 Å². The lowest BCUT2D eigenvalue weighted by Gasteiger charge is -2.10. The van der Waals surface area contributed by atoms with Gasteiger partial charge >= 0.3 is 0 Å². The molecule has 3 aromatic rings. The number of hydrogen-bond donors (Lipinski definition) is 2. The van der Waals surface area contributed by atoms with Crippen LogP contribution in [0.3, 0.4) is 0 Å². The van der Waals surface area contributed by atoms with Crippen LogP contribution in [0.4, 0.5) is 11.5 Å². The van der Waals surface area contributed by atoms with E-state index in [0.29, 0.717) is 33.8 Å². The number of carbonyl (C=O) groups excluding carboxylic acids is 1. The van der Waals surface area contributed by atoms with Crippen molar-refractivity contribution in [3.05, 3.63) is 70.4 Å². The highest BCUT2D eigenvalue weighted by atomic mass is 35.5. The van der Waals surface area contributed by atoms with E-state index in [1.807, 2.05) is 12.1 Å². The Bertz CT molecular complexity index is 895. The van der Waals surface area contributed by atoms with Gasteiger partial charge in [0.05, 0.1) is 16.4 Å². The Labute approximate surface area is 154 Å². The van der Waals surface area contributed by atoms with Crippen LogP contribution in [0.5, 0.6) is 0 Å². The standard InChI is InChI=1S/C17H15Cl2N5O/c1-24-10-22-16(21-9-11-4-6-20-7-5-11)15(24)17(25)23-12-2-3-13(18)14(19)8-12/h2-8,10,21H,9H2,1H3,(H,23,25). The lowest BCUT2D eigenvalue weighted by Crippen LogP contribution is -2.17. The van der Waals surface area contributed by atoms with Crippen molar-refractivity contribution in [3.8, 4) is 0 Å². The van der Waals surface area contributed by atoms with Crippen molar-refractivity contribution in [2.45, 2.75) is 6.54 Å². The first-order chi connectivity index (χ1) is 12.0. The van der Waals surface area contributed by atoms with Gasteiger partial charge in [-0.3, -0.25) is 9.78 Å². The molecule has 1 amide bonds. The molecule has 0 atom stereocenters. The van der Waals surface area contributed by atoms with Crippen LogP contribution in [-0.4, -0.2) is 20.4 Å². The molecule has 3 rings (SSSR count). The SMILES string of the molecule is Cn1cnc(NCc2ccncc2)c1C(=O)Nc1ccc(Cl)c(Cl)c1. The summed E-state index contributed by atoms with van der Waals surface area (Å²) in [5.41, 5.74) is 2.01. The second kappa shape index (κ2) is 7.55. The van der Waals surface area contributed by atoms with E-state index in [4.69, 9.17) is 23.2 Å². The highest BCUT2D eigenvalue weighted by Crippen LogP contribution is 2.25. The molecule has 0 radical (unpaired) electrons. The molecule has 0 aliphatic rings. The van der Waals surface area contributed by atoms with E-state index >= 15 is 0 Å². The normalized spacial score (nSPS) is 10.5. The predicted octanol–water partition coefficient (Wildman–Crippen LogP) is 3.99. The number of aryl methyl sites for hydroxylation is 1. The second-order valence-electron chi connectivity index (χ2n) is 5.34. The van der Waals surface area contributed by atoms with Gasteiger partial charge in [0.25, 0.3) is 5.91 Å². The largest absolute Gasteiger partial charge is 0.364 e. The molecule has 0 aliphatic heterocycles. The fourth-order valence-corrected chi connectivity index (χ4v) is 2.58. The number of nitrogens with one attached hydrogen (secondary N) is 2. The summed E-state index contributed by atoms with van der Waals surface area (Å²) in [5, 5.41) is 6.77. The Morgan fingerprint density at radius 1 is 1.16 bits per heavy atom. The summed E-state index contributed by atoms with van der Waals surface area (Å²) < 4.78 is 1.65. The molecule has 25 heavy (non-hydrogen) atoms. The van der Waals surface area contributed by atoms with Gasteiger partial charge in [-0.25, -0.2) is 4.98 Å². The summed E-state index contributed by atoms with van der Waals surface area (Å²) in [5.74, 6) is 0.201. The van der Waals surface area contributed by atoms with Gasteiger partial charge in [-0.05, 0) is 35.9 Å². The molecule has 1 aromatic carbocycles. The number of amides is 1. The van der Waals surface area contributed by atoms with Crippen LogP contribution in [0.15, 0.2) is 49.1 Å². The molecule has 6 nitrogen and oxygen atoms in total. The maximum absolute atomic E-state index is 12.6. The Morgan fingerprint density at radius 2 is 1.92 bits per heavy atom. The molecule has 8 heteroatoms. The minimum Gasteiger partial charge on any atom is -0.364 e. The van der Waals surface area contributed by atoms with Gasteiger partial charge < -0.3 is 15.2 Å². The van der Waals surface area contributed by atoms with Crippen LogP contribution in [0.1, 0.15) is 16.1 Å². The van der Waals surface area contributed by atoms with Crippen LogP contribution in [0.25, 0.3) is 0 Å². The van der Waals surface area contributed by atoms with Gasteiger partial charge in [0.2, 0.25) is 0 Å². The third kappa shape index (κ3) is 4.10. The third-order valence-corrected chi connectivity index (χ3v) is 4.28. The molecule has 0 aliphatic carbocycles. The Hall–Kier alpha value is -2.57. The number of benzene rings is 1. The van der Waals surface area contributed by atoms with Gasteiger partial charge in [0, 0.05) is 31.7 Å². The van der Waals surface area contributed by atoms with Gasteiger partial charge in [0.1, 0.15) is 0 Å². The molecule has 0 unspecified atom stereocenters. The summed E-state index contributed by atoms with van der Waals surface area (Å²) in [6, 6.07) is 8.71. The van der Waals surface area contributed by atoms with Crippen molar-refractivity contribution in [1.29, 1.82) is 0 Å². The van der Waals surface area contributed by atoms with Crippen molar-refractivity contribution < 1.29 is 4.79 Å². The highest BCUT2D eigenvalue weighted by molar-refractivity contribution is 6.42. The van der Waals surface area contributed by atoms with E-state index in [-0.39, 0.29) is 5.91 Å². The van der Waals surface area contributed by atoms with Crippen LogP contribution in [0, 0.1) is 0 Å². The fraction of sp³-hybridized carbons (Fsp3) is 0.118. The Morgan fingerprint density at radius 3 is 2.64 bits per heavy atom. The number of carbonyl (C=O) groups is 1. The summed E-state index contributed by atoms with van der Waals surface area (Å²) in [7, 11) is 1.76. The second-order valence-corrected chi connectivity index (χ2v) is 6.16. The van der Waals surface area contributed by atoms with Crippen molar-refractivity contribution >= 4 is 40.6 Å². The minimum absolute atomic E-state index is 0.296. The van der Waals surface area contributed by atoms with Crippen LogP contribution >= 0.6 is 23.2 Å². The Balaban J connectivity index is 1.76. The molecule has 0 saturated carbocycles. The topological polar surface area (TPSA) is 71.8 Å². The molecule has 0 bridgehead atoms. The molecule has 0 spiro atoms. The number of imidazole rings is 1. The average molecular weight is 376 g/mol. The summed E-state index contributed by atoms with van der Waals surface area (Å²) in [6.45, 7) is 0.534. The maximum Gasteiger partial charge on any atom is 0.276 e. The highest BCUT2D eigenvalue weighted by Gasteiger charge is 2.17. The number of pyridine rings is 1.